The number of ether oxygens (including phenoxy) is 1. The van der Waals surface area contributed by atoms with Crippen molar-refractivity contribution in [1.82, 2.24) is 10.2 Å². The predicted octanol–water partition coefficient (Wildman–Crippen LogP) is 3.64. The number of hydrogen-bond donors (Lipinski definition) is 2. The maximum Gasteiger partial charge on any atom is 0.407 e. The van der Waals surface area contributed by atoms with E-state index in [-0.39, 0.29) is 17.9 Å². The molecule has 1 aromatic rings. The number of phenols is 1. The van der Waals surface area contributed by atoms with Crippen molar-refractivity contribution in [2.45, 2.75) is 51.8 Å². The Hall–Kier alpha value is -1.27. The van der Waals surface area contributed by atoms with Crippen molar-refractivity contribution >= 4 is 22.0 Å². The summed E-state index contributed by atoms with van der Waals surface area (Å²) in [5, 5.41) is 12.5. The van der Waals surface area contributed by atoms with Gasteiger partial charge in [-0.3, -0.25) is 4.90 Å². The van der Waals surface area contributed by atoms with Gasteiger partial charge in [-0.25, -0.2) is 4.79 Å². The fourth-order valence-corrected chi connectivity index (χ4v) is 3.12. The first-order chi connectivity index (χ1) is 10.7. The molecule has 1 heterocycles. The maximum atomic E-state index is 11.9. The highest BCUT2D eigenvalue weighted by atomic mass is 79.9. The Morgan fingerprint density at radius 1 is 1.48 bits per heavy atom. The van der Waals surface area contributed by atoms with Gasteiger partial charge in [-0.15, -0.1) is 0 Å². The number of carbonyl (C=O) groups excluding carboxylic acids is 1. The molecule has 0 spiro atoms. The van der Waals surface area contributed by atoms with Crippen LogP contribution in [0.2, 0.25) is 0 Å². The summed E-state index contributed by atoms with van der Waals surface area (Å²) in [7, 11) is 0. The van der Waals surface area contributed by atoms with Crippen LogP contribution in [0.25, 0.3) is 0 Å². The zero-order valence-electron chi connectivity index (χ0n) is 13.9. The first-order valence-electron chi connectivity index (χ1n) is 7.92. The number of halogens is 1. The molecular weight excluding hydrogens is 360 g/mol. The second-order valence-electron chi connectivity index (χ2n) is 7.01. The van der Waals surface area contributed by atoms with E-state index in [9.17, 15) is 9.90 Å². The lowest BCUT2D eigenvalue weighted by Crippen LogP contribution is -2.48. The Kier molecular flexibility index (Phi) is 5.92. The lowest BCUT2D eigenvalue weighted by molar-refractivity contribution is 0.0470. The van der Waals surface area contributed by atoms with E-state index >= 15 is 0 Å². The number of hydrogen-bond acceptors (Lipinski definition) is 4. The van der Waals surface area contributed by atoms with Gasteiger partial charge >= 0.3 is 6.09 Å². The molecule has 1 saturated heterocycles. The molecule has 2 N–H and O–H groups in total. The van der Waals surface area contributed by atoms with E-state index in [1.54, 1.807) is 6.07 Å². The van der Waals surface area contributed by atoms with Crippen LogP contribution >= 0.6 is 15.9 Å². The number of carbonyl (C=O) groups is 1. The third-order valence-electron chi connectivity index (χ3n) is 3.64. The van der Waals surface area contributed by atoms with E-state index < -0.39 is 5.60 Å². The zero-order chi connectivity index (χ0) is 17.0. The molecule has 0 bridgehead atoms. The normalized spacial score (nSPS) is 19.4. The van der Waals surface area contributed by atoms with Crippen LogP contribution in [0.5, 0.6) is 5.75 Å². The molecule has 1 aliphatic rings. The largest absolute Gasteiger partial charge is 0.507 e. The average Bonchev–Trinajstić information content (AvgIpc) is 2.41. The van der Waals surface area contributed by atoms with Gasteiger partial charge in [-0.1, -0.05) is 6.07 Å². The second kappa shape index (κ2) is 7.53. The molecule has 128 valence electrons. The summed E-state index contributed by atoms with van der Waals surface area (Å²) in [5.41, 5.74) is 0.657. The van der Waals surface area contributed by atoms with Gasteiger partial charge in [0, 0.05) is 19.1 Å². The first-order valence-corrected chi connectivity index (χ1v) is 8.71. The third kappa shape index (κ3) is 6.03. The molecule has 1 unspecified atom stereocenters. The molecule has 0 aliphatic carbocycles. The van der Waals surface area contributed by atoms with Gasteiger partial charge < -0.3 is 15.2 Å². The highest BCUT2D eigenvalue weighted by Gasteiger charge is 2.24. The molecule has 2 rings (SSSR count). The van der Waals surface area contributed by atoms with E-state index in [2.05, 4.69) is 26.1 Å². The van der Waals surface area contributed by atoms with Crippen LogP contribution in [0.4, 0.5) is 4.79 Å². The van der Waals surface area contributed by atoms with Crippen molar-refractivity contribution < 1.29 is 14.6 Å². The van der Waals surface area contributed by atoms with E-state index in [4.69, 9.17) is 4.74 Å². The standard InChI is InChI=1S/C17H25BrN2O3/c1-17(2,3)23-16(22)19-13-5-4-8-20(11-13)10-12-6-7-15(21)14(18)9-12/h6-7,9,13,21H,4-5,8,10-11H2,1-3H3,(H,19,22). The minimum Gasteiger partial charge on any atom is -0.507 e. The molecule has 1 fully saturated rings. The fourth-order valence-electron chi connectivity index (χ4n) is 2.70. The molecule has 1 aliphatic heterocycles. The summed E-state index contributed by atoms with van der Waals surface area (Å²) >= 11 is 3.34. The highest BCUT2D eigenvalue weighted by Crippen LogP contribution is 2.25. The number of nitrogens with one attached hydrogen (secondary N) is 1. The van der Waals surface area contributed by atoms with Crippen molar-refractivity contribution in [2.24, 2.45) is 0 Å². The van der Waals surface area contributed by atoms with Crippen molar-refractivity contribution in [1.29, 1.82) is 0 Å². The van der Waals surface area contributed by atoms with Crippen LogP contribution in [0.15, 0.2) is 22.7 Å². The number of phenolic OH excluding ortho intramolecular Hbond substituents is 1. The van der Waals surface area contributed by atoms with Crippen molar-refractivity contribution in [3.05, 3.63) is 28.2 Å². The van der Waals surface area contributed by atoms with Gasteiger partial charge in [0.25, 0.3) is 0 Å². The topological polar surface area (TPSA) is 61.8 Å². The molecular formula is C17H25BrN2O3. The van der Waals surface area contributed by atoms with E-state index in [0.29, 0.717) is 4.47 Å². The zero-order valence-corrected chi connectivity index (χ0v) is 15.5. The minimum atomic E-state index is -0.475. The number of likely N-dealkylation sites (tertiary alicyclic amines) is 1. The average molecular weight is 385 g/mol. The Morgan fingerprint density at radius 3 is 2.87 bits per heavy atom. The van der Waals surface area contributed by atoms with Crippen LogP contribution in [-0.4, -0.2) is 40.8 Å². The van der Waals surface area contributed by atoms with Gasteiger partial charge in [0.2, 0.25) is 0 Å². The van der Waals surface area contributed by atoms with Gasteiger partial charge in [0.1, 0.15) is 11.4 Å². The number of nitrogens with zero attached hydrogens (tertiary/aromatic N) is 1. The molecule has 1 amide bonds. The monoisotopic (exact) mass is 384 g/mol. The minimum absolute atomic E-state index is 0.110. The highest BCUT2D eigenvalue weighted by molar-refractivity contribution is 9.10. The van der Waals surface area contributed by atoms with E-state index in [1.807, 2.05) is 32.9 Å². The molecule has 6 heteroatoms. The Labute approximate surface area is 146 Å². The summed E-state index contributed by atoms with van der Waals surface area (Å²) in [4.78, 5) is 14.2. The summed E-state index contributed by atoms with van der Waals surface area (Å²) in [6, 6.07) is 5.66. The molecule has 5 nitrogen and oxygen atoms in total. The number of amides is 1. The number of piperidine rings is 1. The van der Waals surface area contributed by atoms with Crippen LogP contribution in [-0.2, 0) is 11.3 Å². The van der Waals surface area contributed by atoms with E-state index in [1.165, 1.54) is 0 Å². The smallest absolute Gasteiger partial charge is 0.407 e. The quantitative estimate of drug-likeness (QED) is 0.834. The summed E-state index contributed by atoms with van der Waals surface area (Å²) in [6.07, 6.45) is 1.66. The van der Waals surface area contributed by atoms with E-state index in [0.717, 1.165) is 38.0 Å². The second-order valence-corrected chi connectivity index (χ2v) is 7.86. The van der Waals surface area contributed by atoms with Gasteiger partial charge in [-0.2, -0.15) is 0 Å². The Morgan fingerprint density at radius 2 is 2.22 bits per heavy atom. The molecule has 1 aromatic carbocycles. The predicted molar refractivity (Wildman–Crippen MR) is 93.5 cm³/mol. The molecule has 23 heavy (non-hydrogen) atoms. The van der Waals surface area contributed by atoms with Crippen LogP contribution < -0.4 is 5.32 Å². The van der Waals surface area contributed by atoms with Crippen LogP contribution in [0.1, 0.15) is 39.2 Å². The third-order valence-corrected chi connectivity index (χ3v) is 4.28. The summed E-state index contributed by atoms with van der Waals surface area (Å²) in [6.45, 7) is 8.20. The number of alkyl carbamates (subject to hydrolysis) is 1. The maximum absolute atomic E-state index is 11.9. The SMILES string of the molecule is CC(C)(C)OC(=O)NC1CCCN(Cc2ccc(O)c(Br)c2)C1. The van der Waals surface area contributed by atoms with Crippen molar-refractivity contribution in [3.63, 3.8) is 0 Å². The van der Waals surface area contributed by atoms with Gasteiger partial charge in [0.15, 0.2) is 0 Å². The number of rotatable bonds is 3. The molecule has 0 saturated carbocycles. The number of aromatic hydroxyl groups is 1. The Balaban J connectivity index is 1.88. The Bertz CT molecular complexity index is 557. The van der Waals surface area contributed by atoms with Gasteiger partial charge in [0.05, 0.1) is 4.47 Å². The fraction of sp³-hybridized carbons (Fsp3) is 0.588. The molecule has 1 atom stereocenters. The van der Waals surface area contributed by atoms with Crippen molar-refractivity contribution in [2.75, 3.05) is 13.1 Å². The van der Waals surface area contributed by atoms with Crippen LogP contribution in [0.3, 0.4) is 0 Å². The van der Waals surface area contributed by atoms with Crippen LogP contribution in [0, 0.1) is 0 Å². The summed E-state index contributed by atoms with van der Waals surface area (Å²) < 4.78 is 6.02. The summed E-state index contributed by atoms with van der Waals surface area (Å²) in [5.74, 6) is 0.247. The lowest BCUT2D eigenvalue weighted by Gasteiger charge is -2.33. The lowest BCUT2D eigenvalue weighted by atomic mass is 10.0. The first kappa shape index (κ1) is 18.1. The molecule has 0 aromatic heterocycles. The van der Waals surface area contributed by atoms with Gasteiger partial charge in [-0.05, 0) is 73.8 Å². The molecule has 0 radical (unpaired) electrons. The van der Waals surface area contributed by atoms with Crippen molar-refractivity contribution in [3.8, 4) is 5.75 Å². The number of benzene rings is 1.